The normalized spacial score (nSPS) is 12.4. The first kappa shape index (κ1) is 42.9. The van der Waals surface area contributed by atoms with Crippen LogP contribution in [0.5, 0.6) is 0 Å². The summed E-state index contributed by atoms with van der Waals surface area (Å²) < 4.78 is 30.2. The molecule has 0 aliphatic carbocycles. The van der Waals surface area contributed by atoms with Gasteiger partial charge in [0.1, 0.15) is 0 Å². The highest BCUT2D eigenvalue weighted by atomic mass is 16.5. The lowest BCUT2D eigenvalue weighted by Crippen LogP contribution is -2.05. The number of ether oxygens (including phenoxy) is 1. The fourth-order valence-corrected chi connectivity index (χ4v) is 8.34. The van der Waals surface area contributed by atoms with E-state index in [0.717, 1.165) is 78.1 Å². The number of aromatic nitrogens is 6. The van der Waals surface area contributed by atoms with Crippen LogP contribution in [0.4, 0.5) is 0 Å². The molecule has 2 unspecified atom stereocenters. The van der Waals surface area contributed by atoms with Gasteiger partial charge < -0.3 is 22.6 Å². The Bertz CT molecular complexity index is 2970. The molecular formula is C56H48N6O5. The summed E-state index contributed by atoms with van der Waals surface area (Å²) in [6, 6.07) is 54.0. The molecule has 0 amide bonds. The van der Waals surface area contributed by atoms with E-state index >= 15 is 0 Å². The maximum Gasteiger partial charge on any atom is 0.221 e. The van der Waals surface area contributed by atoms with Crippen LogP contribution >= 0.6 is 0 Å². The van der Waals surface area contributed by atoms with Crippen molar-refractivity contribution in [3.8, 4) is 44.9 Å². The molecule has 10 aromatic rings. The van der Waals surface area contributed by atoms with Crippen molar-refractivity contribution in [2.24, 2.45) is 0 Å². The van der Waals surface area contributed by atoms with Gasteiger partial charge in [-0.3, -0.25) is 0 Å². The summed E-state index contributed by atoms with van der Waals surface area (Å²) in [5, 5.41) is 25.7. The highest BCUT2D eigenvalue weighted by molar-refractivity contribution is 5.71. The molecule has 332 valence electrons. The van der Waals surface area contributed by atoms with E-state index in [0.29, 0.717) is 60.8 Å². The van der Waals surface area contributed by atoms with Crippen LogP contribution in [0, 0.1) is 13.8 Å². The van der Waals surface area contributed by atoms with Crippen molar-refractivity contribution in [1.82, 2.24) is 30.7 Å². The van der Waals surface area contributed by atoms with Gasteiger partial charge in [0.2, 0.25) is 23.6 Å². The predicted octanol–water partition coefficient (Wildman–Crippen LogP) is 12.9. The standard InChI is InChI=1S/C56H48N6O5/c1-35-49(33-53-59-57-51(64-53)31-39-11-7-5-8-12-39)55(66-61-35)47-27-23-45(24-28-47)43-19-15-41(16-20-43)37(3)63-38(4)42-17-21-44(22-18-42)46-25-29-48(30-26-46)56-50(36(2)62-67-56)34-54-60-58-52(65-54)32-40-13-9-6-10-14-40/h5-30,37-38H,31-34H2,1-4H3. The zero-order chi connectivity index (χ0) is 45.7. The Hall–Kier alpha value is -8.02. The molecule has 0 radical (unpaired) electrons. The van der Waals surface area contributed by atoms with E-state index in [1.807, 2.05) is 74.5 Å². The lowest BCUT2D eigenvalue weighted by Gasteiger charge is -2.20. The van der Waals surface area contributed by atoms with Gasteiger partial charge in [0.15, 0.2) is 11.5 Å². The first-order valence-corrected chi connectivity index (χ1v) is 22.5. The average molecular weight is 885 g/mol. The maximum atomic E-state index is 6.55. The fraction of sp³-hybridized carbons (Fsp3) is 0.179. The first-order chi connectivity index (χ1) is 32.8. The van der Waals surface area contributed by atoms with Crippen LogP contribution in [0.1, 0.15) is 94.4 Å². The Morgan fingerprint density at radius 2 is 0.701 bits per heavy atom. The molecule has 0 aliphatic rings. The van der Waals surface area contributed by atoms with Gasteiger partial charge in [-0.15, -0.1) is 20.4 Å². The van der Waals surface area contributed by atoms with Crippen molar-refractivity contribution in [2.45, 2.75) is 65.6 Å². The van der Waals surface area contributed by atoms with E-state index in [-0.39, 0.29) is 12.2 Å². The second kappa shape index (κ2) is 19.2. The molecule has 0 N–H and O–H groups in total. The Kier molecular flexibility index (Phi) is 12.3. The summed E-state index contributed by atoms with van der Waals surface area (Å²) in [7, 11) is 0. The van der Waals surface area contributed by atoms with Crippen molar-refractivity contribution in [3.63, 3.8) is 0 Å². The first-order valence-electron chi connectivity index (χ1n) is 22.5. The van der Waals surface area contributed by atoms with Crippen LogP contribution in [-0.2, 0) is 30.4 Å². The van der Waals surface area contributed by atoms with Gasteiger partial charge in [0.05, 0.1) is 49.3 Å². The van der Waals surface area contributed by atoms with Gasteiger partial charge in [-0.05, 0) is 72.2 Å². The van der Waals surface area contributed by atoms with Crippen LogP contribution in [-0.4, -0.2) is 30.7 Å². The van der Waals surface area contributed by atoms with E-state index in [9.17, 15) is 0 Å². The predicted molar refractivity (Wildman–Crippen MR) is 255 cm³/mol. The van der Waals surface area contributed by atoms with Crippen molar-refractivity contribution >= 4 is 0 Å². The van der Waals surface area contributed by atoms with Gasteiger partial charge in [-0.1, -0.05) is 168 Å². The summed E-state index contributed by atoms with van der Waals surface area (Å²) in [5.74, 6) is 3.62. The summed E-state index contributed by atoms with van der Waals surface area (Å²) >= 11 is 0. The third-order valence-corrected chi connectivity index (χ3v) is 12.2. The quantitative estimate of drug-likeness (QED) is 0.0916. The van der Waals surface area contributed by atoms with E-state index in [1.54, 1.807) is 0 Å². The average Bonchev–Trinajstić information content (AvgIpc) is 4.18. The SMILES string of the molecule is Cc1noc(-c2ccc(-c3ccc(C(C)OC(C)c4ccc(-c5ccc(-c6onc(C)c6Cc6nnc(Cc7ccccc7)o6)cc5)cc4)cc3)cc2)c1Cc1nnc(Cc2ccccc2)o1. The van der Waals surface area contributed by atoms with E-state index in [1.165, 1.54) is 0 Å². The zero-order valence-electron chi connectivity index (χ0n) is 37.7. The van der Waals surface area contributed by atoms with E-state index < -0.39 is 0 Å². The fourth-order valence-electron chi connectivity index (χ4n) is 8.34. The van der Waals surface area contributed by atoms with Crippen LogP contribution in [0.3, 0.4) is 0 Å². The number of benzene rings is 6. The second-order valence-corrected chi connectivity index (χ2v) is 16.8. The van der Waals surface area contributed by atoms with Crippen molar-refractivity contribution in [2.75, 3.05) is 0 Å². The molecule has 6 aromatic carbocycles. The molecule has 4 heterocycles. The minimum atomic E-state index is -0.110. The van der Waals surface area contributed by atoms with Gasteiger partial charge in [0.25, 0.3) is 0 Å². The molecule has 0 fully saturated rings. The number of aryl methyl sites for hydroxylation is 2. The van der Waals surface area contributed by atoms with Gasteiger partial charge in [-0.2, -0.15) is 0 Å². The topological polar surface area (TPSA) is 139 Å². The smallest absolute Gasteiger partial charge is 0.221 e. The summed E-state index contributed by atoms with van der Waals surface area (Å²) in [6.07, 6.45) is 1.82. The monoisotopic (exact) mass is 884 g/mol. The van der Waals surface area contributed by atoms with Crippen molar-refractivity contribution in [1.29, 1.82) is 0 Å². The molecule has 0 spiro atoms. The van der Waals surface area contributed by atoms with Crippen LogP contribution in [0.2, 0.25) is 0 Å². The van der Waals surface area contributed by atoms with E-state index in [4.69, 9.17) is 22.6 Å². The molecule has 0 saturated carbocycles. The summed E-state index contributed by atoms with van der Waals surface area (Å²) in [4.78, 5) is 0. The minimum Gasteiger partial charge on any atom is -0.425 e. The van der Waals surface area contributed by atoms with Gasteiger partial charge >= 0.3 is 0 Å². The van der Waals surface area contributed by atoms with Gasteiger partial charge in [-0.25, -0.2) is 0 Å². The number of hydrogen-bond donors (Lipinski definition) is 0. The molecule has 2 atom stereocenters. The molecule has 0 saturated heterocycles. The molecule has 0 bridgehead atoms. The second-order valence-electron chi connectivity index (χ2n) is 16.8. The third-order valence-electron chi connectivity index (χ3n) is 12.2. The highest BCUT2D eigenvalue weighted by Crippen LogP contribution is 2.34. The molecule has 67 heavy (non-hydrogen) atoms. The van der Waals surface area contributed by atoms with Gasteiger partial charge in [0, 0.05) is 22.3 Å². The van der Waals surface area contributed by atoms with Crippen molar-refractivity contribution < 1.29 is 22.6 Å². The Morgan fingerprint density at radius 3 is 1.06 bits per heavy atom. The van der Waals surface area contributed by atoms with Crippen LogP contribution < -0.4 is 0 Å². The molecular weight excluding hydrogens is 837 g/mol. The highest BCUT2D eigenvalue weighted by Gasteiger charge is 2.21. The molecule has 11 heteroatoms. The summed E-state index contributed by atoms with van der Waals surface area (Å²) in [5.41, 5.74) is 14.2. The number of rotatable bonds is 16. The lowest BCUT2D eigenvalue weighted by molar-refractivity contribution is 0.00587. The van der Waals surface area contributed by atoms with Crippen LogP contribution in [0.25, 0.3) is 44.9 Å². The number of hydrogen-bond acceptors (Lipinski definition) is 11. The summed E-state index contributed by atoms with van der Waals surface area (Å²) in [6.45, 7) is 8.06. The number of nitrogens with zero attached hydrogens (tertiary/aromatic N) is 6. The van der Waals surface area contributed by atoms with Crippen molar-refractivity contribution in [3.05, 3.63) is 226 Å². The largest absolute Gasteiger partial charge is 0.425 e. The Morgan fingerprint density at radius 1 is 0.388 bits per heavy atom. The minimum absolute atomic E-state index is 0.110. The lowest BCUT2D eigenvalue weighted by atomic mass is 9.98. The molecule has 11 nitrogen and oxygen atoms in total. The Balaban J connectivity index is 0.736. The zero-order valence-corrected chi connectivity index (χ0v) is 37.7. The van der Waals surface area contributed by atoms with Crippen LogP contribution in [0.15, 0.2) is 176 Å². The molecule has 4 aromatic heterocycles. The molecule has 10 rings (SSSR count). The maximum absolute atomic E-state index is 6.55. The van der Waals surface area contributed by atoms with E-state index in [2.05, 4.69) is 142 Å². The third kappa shape index (κ3) is 9.83. The molecule has 0 aliphatic heterocycles. The Labute approximate surface area is 388 Å².